The van der Waals surface area contributed by atoms with Crippen molar-refractivity contribution in [3.63, 3.8) is 0 Å². The van der Waals surface area contributed by atoms with Gasteiger partial charge in [0, 0.05) is 30.6 Å². The first kappa shape index (κ1) is 19.4. The van der Waals surface area contributed by atoms with Crippen molar-refractivity contribution >= 4 is 11.8 Å². The minimum absolute atomic E-state index is 0.0228. The van der Waals surface area contributed by atoms with Crippen LogP contribution in [0, 0.1) is 5.41 Å². The minimum Gasteiger partial charge on any atom is -0.353 e. The lowest BCUT2D eigenvalue weighted by Gasteiger charge is -2.41. The first-order chi connectivity index (χ1) is 11.6. The number of fused-ring (bicyclic) bond motifs is 1. The van der Waals surface area contributed by atoms with Crippen molar-refractivity contribution in [1.29, 1.82) is 0 Å². The van der Waals surface area contributed by atoms with Crippen LogP contribution in [0.25, 0.3) is 0 Å². The summed E-state index contributed by atoms with van der Waals surface area (Å²) in [4.78, 5) is 26.3. The lowest BCUT2D eigenvalue weighted by Crippen LogP contribution is -2.54. The molecule has 0 aromatic heterocycles. The van der Waals surface area contributed by atoms with Crippen LogP contribution < -0.4 is 10.6 Å². The molecule has 0 unspecified atom stereocenters. The number of hydrogen-bond acceptors (Lipinski definition) is 3. The normalized spacial score (nSPS) is 15.4. The van der Waals surface area contributed by atoms with Crippen LogP contribution in [0.15, 0.2) is 24.3 Å². The maximum absolute atomic E-state index is 12.1. The molecule has 1 aromatic rings. The van der Waals surface area contributed by atoms with Gasteiger partial charge in [0.1, 0.15) is 0 Å². The summed E-state index contributed by atoms with van der Waals surface area (Å²) in [5.74, 6) is -0.266. The van der Waals surface area contributed by atoms with E-state index in [4.69, 9.17) is 0 Å². The molecule has 1 aliphatic heterocycles. The maximum Gasteiger partial charge on any atom is 0.239 e. The van der Waals surface area contributed by atoms with E-state index >= 15 is 0 Å². The van der Waals surface area contributed by atoms with Crippen LogP contribution in [-0.2, 0) is 22.6 Å². The molecular weight excluding hydrogens is 314 g/mol. The lowest BCUT2D eigenvalue weighted by atomic mass is 9.94. The van der Waals surface area contributed by atoms with E-state index in [0.29, 0.717) is 6.54 Å². The van der Waals surface area contributed by atoms with E-state index in [0.717, 1.165) is 19.5 Å². The predicted octanol–water partition coefficient (Wildman–Crippen LogP) is 2.10. The fourth-order valence-electron chi connectivity index (χ4n) is 2.93. The number of carbonyl (C=O) groups is 2. The van der Waals surface area contributed by atoms with Crippen LogP contribution in [0.5, 0.6) is 0 Å². The summed E-state index contributed by atoms with van der Waals surface area (Å²) in [5, 5.41) is 5.64. The third kappa shape index (κ3) is 5.30. The van der Waals surface area contributed by atoms with E-state index in [9.17, 15) is 9.59 Å². The molecule has 0 atom stereocenters. The lowest BCUT2D eigenvalue weighted by molar-refractivity contribution is -0.131. The van der Waals surface area contributed by atoms with Crippen molar-refractivity contribution in [3.8, 4) is 0 Å². The van der Waals surface area contributed by atoms with Crippen molar-refractivity contribution < 1.29 is 9.59 Å². The van der Waals surface area contributed by atoms with Gasteiger partial charge in [-0.15, -0.1) is 0 Å². The molecule has 2 amide bonds. The van der Waals surface area contributed by atoms with Crippen molar-refractivity contribution in [2.75, 3.05) is 19.6 Å². The molecule has 25 heavy (non-hydrogen) atoms. The highest BCUT2D eigenvalue weighted by Gasteiger charge is 2.30. The van der Waals surface area contributed by atoms with Crippen LogP contribution in [0.4, 0.5) is 0 Å². The number of amides is 2. The standard InChI is InChI=1S/C20H31N3O2/c1-19(2,3)18(25)21-12-17(24)22-14-20(4,5)23-11-10-15-8-6-7-9-16(15)13-23/h6-9H,10-14H2,1-5H3,(H,21,25)(H,22,24). The van der Waals surface area contributed by atoms with Crippen molar-refractivity contribution in [3.05, 3.63) is 35.4 Å². The number of nitrogens with zero attached hydrogens (tertiary/aromatic N) is 1. The van der Waals surface area contributed by atoms with Gasteiger partial charge in [-0.05, 0) is 31.4 Å². The minimum atomic E-state index is -0.485. The van der Waals surface area contributed by atoms with Gasteiger partial charge in [-0.25, -0.2) is 0 Å². The molecule has 0 radical (unpaired) electrons. The summed E-state index contributed by atoms with van der Waals surface area (Å²) in [6.07, 6.45) is 1.04. The van der Waals surface area contributed by atoms with E-state index in [1.807, 2.05) is 20.8 Å². The summed E-state index contributed by atoms with van der Waals surface area (Å²) in [7, 11) is 0. The number of benzene rings is 1. The molecule has 1 heterocycles. The predicted molar refractivity (Wildman–Crippen MR) is 100 cm³/mol. The largest absolute Gasteiger partial charge is 0.353 e. The van der Waals surface area contributed by atoms with Gasteiger partial charge in [-0.2, -0.15) is 0 Å². The maximum atomic E-state index is 12.1. The topological polar surface area (TPSA) is 61.4 Å². The molecule has 5 nitrogen and oxygen atoms in total. The monoisotopic (exact) mass is 345 g/mol. The number of hydrogen-bond donors (Lipinski definition) is 2. The zero-order valence-electron chi connectivity index (χ0n) is 16.1. The molecule has 0 aliphatic carbocycles. The zero-order chi connectivity index (χ0) is 18.7. The second-order valence-corrected chi connectivity index (χ2v) is 8.46. The van der Waals surface area contributed by atoms with E-state index in [1.54, 1.807) is 0 Å². The van der Waals surface area contributed by atoms with Crippen molar-refractivity contribution in [1.82, 2.24) is 15.5 Å². The SMILES string of the molecule is CC(C)(C)C(=O)NCC(=O)NCC(C)(C)N1CCc2ccccc2C1. The quantitative estimate of drug-likeness (QED) is 0.859. The Kier molecular flexibility index (Phi) is 5.88. The smallest absolute Gasteiger partial charge is 0.239 e. The summed E-state index contributed by atoms with van der Waals surface area (Å²) in [6.45, 7) is 12.3. The van der Waals surface area contributed by atoms with Crippen molar-refractivity contribution in [2.45, 2.75) is 53.1 Å². The van der Waals surface area contributed by atoms with Crippen LogP contribution in [0.1, 0.15) is 45.7 Å². The van der Waals surface area contributed by atoms with E-state index in [2.05, 4.69) is 53.6 Å². The Morgan fingerprint density at radius 3 is 2.32 bits per heavy atom. The van der Waals surface area contributed by atoms with E-state index in [-0.39, 0.29) is 23.9 Å². The molecule has 1 aromatic carbocycles. The highest BCUT2D eigenvalue weighted by molar-refractivity contribution is 5.87. The highest BCUT2D eigenvalue weighted by Crippen LogP contribution is 2.24. The zero-order valence-corrected chi connectivity index (χ0v) is 16.1. The summed E-state index contributed by atoms with van der Waals surface area (Å²) in [6, 6.07) is 8.54. The second kappa shape index (κ2) is 7.56. The molecule has 2 N–H and O–H groups in total. The molecule has 1 aliphatic rings. The van der Waals surface area contributed by atoms with Gasteiger partial charge in [0.15, 0.2) is 0 Å². The summed E-state index contributed by atoms with van der Waals surface area (Å²) < 4.78 is 0. The molecule has 0 saturated heterocycles. The van der Waals surface area contributed by atoms with E-state index < -0.39 is 5.41 Å². The molecular formula is C20H31N3O2. The Morgan fingerprint density at radius 1 is 1.04 bits per heavy atom. The Morgan fingerprint density at radius 2 is 1.68 bits per heavy atom. The summed E-state index contributed by atoms with van der Waals surface area (Å²) in [5.41, 5.74) is 2.16. The Balaban J connectivity index is 1.83. The third-order valence-corrected chi connectivity index (χ3v) is 4.80. The van der Waals surface area contributed by atoms with Crippen LogP contribution >= 0.6 is 0 Å². The molecule has 0 spiro atoms. The van der Waals surface area contributed by atoms with Gasteiger partial charge in [0.25, 0.3) is 0 Å². The molecule has 5 heteroatoms. The molecule has 0 saturated carbocycles. The van der Waals surface area contributed by atoms with Gasteiger partial charge in [0.05, 0.1) is 6.54 Å². The van der Waals surface area contributed by atoms with Gasteiger partial charge in [-0.1, -0.05) is 45.0 Å². The van der Waals surface area contributed by atoms with Crippen LogP contribution in [0.2, 0.25) is 0 Å². The fourth-order valence-corrected chi connectivity index (χ4v) is 2.93. The third-order valence-electron chi connectivity index (χ3n) is 4.80. The first-order valence-electron chi connectivity index (χ1n) is 8.96. The van der Waals surface area contributed by atoms with Gasteiger partial charge >= 0.3 is 0 Å². The number of carbonyl (C=O) groups excluding carboxylic acids is 2. The molecule has 0 bridgehead atoms. The molecule has 0 fully saturated rings. The summed E-state index contributed by atoms with van der Waals surface area (Å²) >= 11 is 0. The van der Waals surface area contributed by atoms with Gasteiger partial charge < -0.3 is 10.6 Å². The van der Waals surface area contributed by atoms with Gasteiger partial charge in [-0.3, -0.25) is 14.5 Å². The van der Waals surface area contributed by atoms with Crippen molar-refractivity contribution in [2.24, 2.45) is 5.41 Å². The second-order valence-electron chi connectivity index (χ2n) is 8.46. The molecule has 2 rings (SSSR count). The Hall–Kier alpha value is -1.88. The number of nitrogens with one attached hydrogen (secondary N) is 2. The highest BCUT2D eigenvalue weighted by atomic mass is 16.2. The molecule has 138 valence electrons. The van der Waals surface area contributed by atoms with E-state index in [1.165, 1.54) is 11.1 Å². The van der Waals surface area contributed by atoms with Gasteiger partial charge in [0.2, 0.25) is 11.8 Å². The first-order valence-corrected chi connectivity index (χ1v) is 8.96. The number of rotatable bonds is 5. The average Bonchev–Trinajstić information content (AvgIpc) is 2.56. The Labute approximate surface area is 151 Å². The van der Waals surface area contributed by atoms with Crippen LogP contribution in [-0.4, -0.2) is 41.9 Å². The average molecular weight is 345 g/mol. The Bertz CT molecular complexity index is 632. The van der Waals surface area contributed by atoms with Crippen LogP contribution in [0.3, 0.4) is 0 Å². The fraction of sp³-hybridized carbons (Fsp3) is 0.600.